The fourth-order valence-corrected chi connectivity index (χ4v) is 10.5. The predicted molar refractivity (Wildman–Crippen MR) is 287 cm³/mol. The number of carboxylic acids is 2. The number of rotatable bonds is 34. The first-order chi connectivity index (χ1) is 39.6. The number of esters is 2. The molecule has 1 aromatic carbocycles. The van der Waals surface area contributed by atoms with Crippen molar-refractivity contribution in [3.63, 3.8) is 0 Å². The Hall–Kier alpha value is -6.49. The largest absolute Gasteiger partial charge is 0.480 e. The van der Waals surface area contributed by atoms with Crippen molar-refractivity contribution in [1.29, 1.82) is 0 Å². The van der Waals surface area contributed by atoms with Gasteiger partial charge < -0.3 is 82.0 Å². The standard InChI is InChI=1S/C56H75N5O21/c1-4-40-41-25-39(81-54(71)60-15-11-38(12-16-60)59-13-7-6-8-14-59)9-10-45(41)58-51-42(40)28-61-46(51)26-44-43(52(61)69)30-79-53(70)56(44,5-2)82-50(68)27-57-47(63)31-73-23-24-80-55(34-76-20-17-72-29-37(3)62,35-77-21-18-74-32-48(64)65)36-78-22-19-75-33-49(66)67/h9-10,25-26,38H,4-8,11-24,27-36H2,1-3H3,(H,57,63)(H,64,65)(H,66,67). The van der Waals surface area contributed by atoms with E-state index >= 15 is 0 Å². The number of carbonyl (C=O) groups is 7. The molecule has 0 aliphatic carbocycles. The summed E-state index contributed by atoms with van der Waals surface area (Å²) < 4.78 is 63.3. The quantitative estimate of drug-likeness (QED) is 0.0447. The first kappa shape index (κ1) is 63.1. The number of carboxylic acid groups (broad SMARTS) is 2. The Morgan fingerprint density at radius 2 is 1.37 bits per heavy atom. The van der Waals surface area contributed by atoms with Crippen molar-refractivity contribution in [2.45, 2.75) is 96.1 Å². The van der Waals surface area contributed by atoms with Crippen molar-refractivity contribution in [1.82, 2.24) is 24.7 Å². The summed E-state index contributed by atoms with van der Waals surface area (Å²) in [5.74, 6) is -4.73. The van der Waals surface area contributed by atoms with E-state index in [0.717, 1.165) is 42.4 Å². The molecule has 2 amide bonds. The number of nitrogens with one attached hydrogen (secondary N) is 1. The average molecular weight is 1150 g/mol. The first-order valence-electron chi connectivity index (χ1n) is 27.8. The van der Waals surface area contributed by atoms with Crippen LogP contribution >= 0.6 is 0 Å². The molecule has 3 N–H and O–H groups in total. The smallest absolute Gasteiger partial charge is 0.415 e. The molecular formula is C56H75N5O21. The Bertz CT molecular complexity index is 2730. The fraction of sp³-hybridized carbons (Fsp3) is 0.625. The van der Waals surface area contributed by atoms with Crippen LogP contribution in [0.2, 0.25) is 0 Å². The minimum absolute atomic E-state index is 0.0410. The van der Waals surface area contributed by atoms with Crippen LogP contribution in [0.15, 0.2) is 29.1 Å². The van der Waals surface area contributed by atoms with Gasteiger partial charge in [-0.05, 0) is 88.4 Å². The molecule has 3 aromatic rings. The molecule has 0 radical (unpaired) electrons. The number of carbonyl (C=O) groups excluding carboxylic acids is 5. The summed E-state index contributed by atoms with van der Waals surface area (Å²) >= 11 is 0. The molecule has 1 atom stereocenters. The second-order valence-electron chi connectivity index (χ2n) is 20.3. The molecule has 26 heteroatoms. The lowest BCUT2D eigenvalue weighted by Gasteiger charge is -2.39. The van der Waals surface area contributed by atoms with Crippen molar-refractivity contribution in [3.8, 4) is 17.1 Å². The van der Waals surface area contributed by atoms with E-state index in [1.165, 1.54) is 26.2 Å². The summed E-state index contributed by atoms with van der Waals surface area (Å²) in [7, 11) is 0. The summed E-state index contributed by atoms with van der Waals surface area (Å²) in [5, 5.41) is 21.0. The van der Waals surface area contributed by atoms with E-state index in [9.17, 15) is 38.4 Å². The second-order valence-corrected chi connectivity index (χ2v) is 20.3. The summed E-state index contributed by atoms with van der Waals surface area (Å²) in [6.07, 6.45) is 5.57. The summed E-state index contributed by atoms with van der Waals surface area (Å²) in [4.78, 5) is 111. The lowest BCUT2D eigenvalue weighted by atomic mass is 9.85. The van der Waals surface area contributed by atoms with E-state index in [2.05, 4.69) is 10.2 Å². The number of cyclic esters (lactones) is 1. The van der Waals surface area contributed by atoms with Crippen LogP contribution in [0.4, 0.5) is 4.79 Å². The highest BCUT2D eigenvalue weighted by molar-refractivity contribution is 5.91. The van der Waals surface area contributed by atoms with Crippen LogP contribution in [0.1, 0.15) is 81.5 Å². The van der Waals surface area contributed by atoms with E-state index in [1.807, 2.05) is 13.0 Å². The number of hydrogen-bond acceptors (Lipinski definition) is 21. The summed E-state index contributed by atoms with van der Waals surface area (Å²) in [5.41, 5.74) is -0.328. The van der Waals surface area contributed by atoms with Gasteiger partial charge in [0.15, 0.2) is 5.78 Å². The number of aliphatic carboxylic acids is 2. The van der Waals surface area contributed by atoms with Gasteiger partial charge >= 0.3 is 30.0 Å². The number of aromatic nitrogens is 2. The second kappa shape index (κ2) is 30.7. The van der Waals surface area contributed by atoms with Gasteiger partial charge in [0.05, 0.1) is 102 Å². The van der Waals surface area contributed by atoms with Gasteiger partial charge in [-0.15, -0.1) is 0 Å². The van der Waals surface area contributed by atoms with Crippen LogP contribution < -0.4 is 15.6 Å². The third kappa shape index (κ3) is 16.8. The number of Topliss-reactive ketones (excluding diaryl/α,β-unsaturated/α-hetero) is 1. The molecule has 82 heavy (non-hydrogen) atoms. The van der Waals surface area contributed by atoms with Crippen molar-refractivity contribution >= 4 is 52.6 Å². The average Bonchev–Trinajstić information content (AvgIpc) is 1.93. The number of ketones is 1. The van der Waals surface area contributed by atoms with E-state index in [4.69, 9.17) is 67.3 Å². The molecule has 4 aliphatic heterocycles. The maximum atomic E-state index is 14.4. The van der Waals surface area contributed by atoms with E-state index in [0.29, 0.717) is 48.2 Å². The van der Waals surface area contributed by atoms with Crippen molar-refractivity contribution < 1.29 is 95.9 Å². The highest BCUT2D eigenvalue weighted by Gasteiger charge is 2.50. The zero-order valence-electron chi connectivity index (χ0n) is 46.8. The van der Waals surface area contributed by atoms with Crippen molar-refractivity contribution in [2.75, 3.05) is 132 Å². The molecule has 450 valence electrons. The van der Waals surface area contributed by atoms with Crippen LogP contribution in [0.25, 0.3) is 22.3 Å². The van der Waals surface area contributed by atoms with Gasteiger partial charge in [-0.1, -0.05) is 20.3 Å². The molecule has 1 unspecified atom stereocenters. The molecule has 2 fully saturated rings. The molecule has 6 heterocycles. The monoisotopic (exact) mass is 1150 g/mol. The van der Waals surface area contributed by atoms with E-state index in [1.54, 1.807) is 34.6 Å². The Morgan fingerprint density at radius 3 is 1.98 bits per heavy atom. The first-order valence-corrected chi connectivity index (χ1v) is 27.8. The number of nitrogens with zero attached hydrogens (tertiary/aromatic N) is 4. The molecule has 0 bridgehead atoms. The SMILES string of the molecule is CCc1c2c(nc3ccc(OC(=O)N4CCC(N5CCCCC5)CC4)cc13)-c1cc3c(c(=O)n1C2)COC(=O)C3(CC)OC(=O)CNC(=O)COCCOC(COCCOCC(C)=O)(COCCOCC(=O)O)COCCOCC(=O)O. The van der Waals surface area contributed by atoms with E-state index in [-0.39, 0.29) is 116 Å². The number of aryl methyl sites for hydroxylation is 1. The zero-order chi connectivity index (χ0) is 58.7. The predicted octanol–water partition coefficient (Wildman–Crippen LogP) is 2.39. The van der Waals surface area contributed by atoms with Crippen LogP contribution in [-0.4, -0.2) is 215 Å². The lowest BCUT2D eigenvalue weighted by Crippen LogP contribution is -2.49. The minimum Gasteiger partial charge on any atom is -0.480 e. The number of piperidine rings is 2. The highest BCUT2D eigenvalue weighted by Crippen LogP contribution is 2.42. The van der Waals surface area contributed by atoms with Crippen LogP contribution in [-0.2, 0) is 101 Å². The lowest BCUT2D eigenvalue weighted by molar-refractivity contribution is -0.189. The maximum absolute atomic E-state index is 14.4. The van der Waals surface area contributed by atoms with Gasteiger partial charge in [0.1, 0.15) is 50.9 Å². The topological polar surface area (TPSA) is 315 Å². The number of amides is 2. The number of fused-ring (bicyclic) bond motifs is 5. The maximum Gasteiger partial charge on any atom is 0.415 e. The number of ether oxygens (including phenoxy) is 11. The fourth-order valence-electron chi connectivity index (χ4n) is 10.5. The van der Waals surface area contributed by atoms with Gasteiger partial charge in [0.25, 0.3) is 5.56 Å². The van der Waals surface area contributed by atoms with Gasteiger partial charge in [-0.2, -0.15) is 0 Å². The van der Waals surface area contributed by atoms with Crippen LogP contribution in [0.3, 0.4) is 0 Å². The van der Waals surface area contributed by atoms with Gasteiger partial charge in [0.2, 0.25) is 11.5 Å². The molecule has 26 nitrogen and oxygen atoms in total. The van der Waals surface area contributed by atoms with Crippen LogP contribution in [0, 0.1) is 0 Å². The molecule has 0 saturated carbocycles. The van der Waals surface area contributed by atoms with Gasteiger partial charge in [-0.3, -0.25) is 19.2 Å². The summed E-state index contributed by atoms with van der Waals surface area (Å²) in [6.45, 7) is 4.92. The molecule has 7 rings (SSSR count). The molecule has 2 aromatic heterocycles. The van der Waals surface area contributed by atoms with Crippen molar-refractivity contribution in [2.24, 2.45) is 0 Å². The molecule has 2 saturated heterocycles. The molecule has 0 spiro atoms. The van der Waals surface area contributed by atoms with Gasteiger partial charge in [-0.25, -0.2) is 24.2 Å². The normalized spacial score (nSPS) is 17.2. The van der Waals surface area contributed by atoms with Crippen LogP contribution in [0.5, 0.6) is 5.75 Å². The van der Waals surface area contributed by atoms with E-state index < -0.39 is 79.0 Å². The Kier molecular flexibility index (Phi) is 23.6. The molecular weight excluding hydrogens is 1080 g/mol. The van der Waals surface area contributed by atoms with Crippen molar-refractivity contribution in [3.05, 3.63) is 56.9 Å². The number of likely N-dealkylation sites (tertiary alicyclic amines) is 2. The number of pyridine rings is 2. The number of benzene rings is 1. The third-order valence-corrected chi connectivity index (χ3v) is 14.5. The Labute approximate surface area is 473 Å². The third-order valence-electron chi connectivity index (χ3n) is 14.5. The summed E-state index contributed by atoms with van der Waals surface area (Å²) in [6, 6.07) is 7.42. The van der Waals surface area contributed by atoms with Gasteiger partial charge in [0, 0.05) is 35.6 Å². The Balaban J connectivity index is 0.958. The number of hydrogen-bond donors (Lipinski definition) is 3. The minimum atomic E-state index is -2.05. The Morgan fingerprint density at radius 1 is 0.756 bits per heavy atom. The molecule has 4 aliphatic rings. The zero-order valence-corrected chi connectivity index (χ0v) is 46.8. The highest BCUT2D eigenvalue weighted by atomic mass is 16.6.